The molecular formula is C31H38BN5O5. The molecule has 0 spiro atoms. The van der Waals surface area contributed by atoms with Gasteiger partial charge in [0.15, 0.2) is 0 Å². The van der Waals surface area contributed by atoms with Crippen LogP contribution >= 0.6 is 0 Å². The molecule has 0 saturated carbocycles. The van der Waals surface area contributed by atoms with Crippen molar-refractivity contribution in [3.63, 3.8) is 0 Å². The van der Waals surface area contributed by atoms with Crippen molar-refractivity contribution in [3.05, 3.63) is 48.4 Å². The van der Waals surface area contributed by atoms with Gasteiger partial charge in [0.1, 0.15) is 11.9 Å². The number of likely N-dealkylation sites (tertiary alicyclic amines) is 1. The summed E-state index contributed by atoms with van der Waals surface area (Å²) in [5, 5.41) is 14.4. The Morgan fingerprint density at radius 2 is 1.81 bits per heavy atom. The zero-order valence-electron chi connectivity index (χ0n) is 25.2. The van der Waals surface area contributed by atoms with Crippen molar-refractivity contribution in [1.29, 1.82) is 5.26 Å². The summed E-state index contributed by atoms with van der Waals surface area (Å²) in [6.45, 7) is 12.2. The Balaban J connectivity index is 1.38. The lowest BCUT2D eigenvalue weighted by Crippen LogP contribution is -2.51. The first kappa shape index (κ1) is 29.6. The fourth-order valence-electron chi connectivity index (χ4n) is 5.52. The number of methoxy groups -OCH3 is 1. The van der Waals surface area contributed by atoms with Gasteiger partial charge in [-0.25, -0.2) is 9.78 Å². The van der Waals surface area contributed by atoms with Crippen LogP contribution in [0.2, 0.25) is 0 Å². The van der Waals surface area contributed by atoms with Crippen LogP contribution in [0, 0.1) is 23.2 Å². The maximum atomic E-state index is 13.6. The van der Waals surface area contributed by atoms with Gasteiger partial charge < -0.3 is 29.2 Å². The number of ether oxygens (including phenoxy) is 1. The first-order chi connectivity index (χ1) is 19.8. The second-order valence-electron chi connectivity index (χ2n) is 12.5. The molecule has 42 heavy (non-hydrogen) atoms. The Bertz CT molecular complexity index is 1530. The van der Waals surface area contributed by atoms with Crippen LogP contribution in [-0.4, -0.2) is 64.9 Å². The number of carbonyl (C=O) groups is 2. The predicted octanol–water partition coefficient (Wildman–Crippen LogP) is 4.32. The summed E-state index contributed by atoms with van der Waals surface area (Å²) in [5.41, 5.74) is 1.91. The van der Waals surface area contributed by atoms with E-state index in [4.69, 9.17) is 14.0 Å². The van der Waals surface area contributed by atoms with Crippen molar-refractivity contribution < 1.29 is 23.6 Å². The molecule has 2 saturated heterocycles. The number of hydrogen-bond donors (Lipinski definition) is 2. The molecule has 3 heterocycles. The third-order valence-corrected chi connectivity index (χ3v) is 8.77. The van der Waals surface area contributed by atoms with Crippen LogP contribution in [0.25, 0.3) is 22.0 Å². The molecule has 2 amide bonds. The second kappa shape index (κ2) is 11.1. The number of aromatic amines is 1. The Morgan fingerprint density at radius 3 is 2.45 bits per heavy atom. The Kier molecular flexibility index (Phi) is 7.81. The largest absolute Gasteiger partial charge is 0.494 e. The summed E-state index contributed by atoms with van der Waals surface area (Å²) in [6, 6.07) is 13.5. The standard InChI is InChI=1S/C31H38BN5O5/c1-18(2)26(36-29(39)40-7)28(38)37-17-19(15-33)12-25(37)27-34-16-24(35-27)22-9-8-21-14-23(11-10-20(21)13-22)32-41-30(3,4)31(5,6)42-32/h8-11,13-14,16,18-19,25-26H,12,17H2,1-7H3,(H,34,35)(H,36,39)/t19-,25+,26+/m1/s1. The minimum Gasteiger partial charge on any atom is -0.453 e. The van der Waals surface area contributed by atoms with Crippen molar-refractivity contribution >= 4 is 35.4 Å². The number of nitrogens with zero attached hydrogens (tertiary/aromatic N) is 3. The normalized spacial score (nSPS) is 21.9. The van der Waals surface area contributed by atoms with Gasteiger partial charge in [-0.05, 0) is 62.3 Å². The molecule has 1 aromatic heterocycles. The first-order valence-corrected chi connectivity index (χ1v) is 14.3. The zero-order valence-corrected chi connectivity index (χ0v) is 25.2. The topological polar surface area (TPSA) is 130 Å². The second-order valence-corrected chi connectivity index (χ2v) is 12.5. The van der Waals surface area contributed by atoms with E-state index in [9.17, 15) is 14.9 Å². The third-order valence-electron chi connectivity index (χ3n) is 8.77. The molecule has 2 aliphatic heterocycles. The number of alkyl carbamates (subject to hydrolysis) is 1. The summed E-state index contributed by atoms with van der Waals surface area (Å²) >= 11 is 0. The Labute approximate surface area is 246 Å². The molecule has 2 aromatic carbocycles. The molecule has 10 nitrogen and oxygen atoms in total. The molecule has 2 fully saturated rings. The SMILES string of the molecule is COC(=O)N[C@H](C(=O)N1C[C@@H](C#N)C[C@H]1c1ncc(-c2ccc3cc(B4OC(C)(C)C(C)(C)O4)ccc3c2)[nH]1)C(C)C. The number of imidazole rings is 1. The molecule has 3 aromatic rings. The monoisotopic (exact) mass is 571 g/mol. The molecule has 3 atom stereocenters. The molecular weight excluding hydrogens is 533 g/mol. The summed E-state index contributed by atoms with van der Waals surface area (Å²) < 4.78 is 17.2. The lowest BCUT2D eigenvalue weighted by molar-refractivity contribution is -0.135. The fourth-order valence-corrected chi connectivity index (χ4v) is 5.52. The highest BCUT2D eigenvalue weighted by atomic mass is 16.7. The molecule has 220 valence electrons. The number of fused-ring (bicyclic) bond motifs is 1. The van der Waals surface area contributed by atoms with Crippen molar-refractivity contribution in [1.82, 2.24) is 20.2 Å². The van der Waals surface area contributed by atoms with Crippen LogP contribution in [0.1, 0.15) is 59.8 Å². The predicted molar refractivity (Wildman–Crippen MR) is 160 cm³/mol. The maximum Gasteiger partial charge on any atom is 0.494 e. The number of hydrogen-bond acceptors (Lipinski definition) is 7. The third kappa shape index (κ3) is 5.49. The van der Waals surface area contributed by atoms with Crippen molar-refractivity contribution in [2.75, 3.05) is 13.7 Å². The molecule has 11 heteroatoms. The molecule has 2 N–H and O–H groups in total. The van der Waals surface area contributed by atoms with Gasteiger partial charge in [-0.15, -0.1) is 0 Å². The summed E-state index contributed by atoms with van der Waals surface area (Å²) in [4.78, 5) is 35.2. The van der Waals surface area contributed by atoms with E-state index >= 15 is 0 Å². The molecule has 0 radical (unpaired) electrons. The van der Waals surface area contributed by atoms with E-state index in [2.05, 4.69) is 45.6 Å². The number of rotatable bonds is 6. The molecule has 0 aliphatic carbocycles. The maximum absolute atomic E-state index is 13.6. The quantitative estimate of drug-likeness (QED) is 0.422. The lowest BCUT2D eigenvalue weighted by atomic mass is 9.78. The average molecular weight is 571 g/mol. The average Bonchev–Trinajstić information content (AvgIpc) is 3.66. The number of H-pyrrole nitrogens is 1. The number of amides is 2. The number of aromatic nitrogens is 2. The van der Waals surface area contributed by atoms with Gasteiger partial charge in [-0.1, -0.05) is 44.2 Å². The van der Waals surface area contributed by atoms with E-state index in [1.165, 1.54) is 7.11 Å². The smallest absolute Gasteiger partial charge is 0.453 e. The van der Waals surface area contributed by atoms with Crippen LogP contribution < -0.4 is 10.8 Å². The highest BCUT2D eigenvalue weighted by Crippen LogP contribution is 2.38. The van der Waals surface area contributed by atoms with Crippen LogP contribution in [-0.2, 0) is 18.8 Å². The minimum atomic E-state index is -0.783. The van der Waals surface area contributed by atoms with Gasteiger partial charge in [-0.2, -0.15) is 5.26 Å². The fraction of sp³-hybridized carbons (Fsp3) is 0.484. The molecule has 0 unspecified atom stereocenters. The highest BCUT2D eigenvalue weighted by Gasteiger charge is 2.51. The summed E-state index contributed by atoms with van der Waals surface area (Å²) in [6.07, 6.45) is 1.54. The number of carbonyl (C=O) groups excluding carboxylic acids is 2. The van der Waals surface area contributed by atoms with E-state index < -0.39 is 36.5 Å². The van der Waals surface area contributed by atoms with Crippen LogP contribution in [0.5, 0.6) is 0 Å². The Morgan fingerprint density at radius 1 is 1.14 bits per heavy atom. The van der Waals surface area contributed by atoms with E-state index in [1.807, 2.05) is 53.7 Å². The van der Waals surface area contributed by atoms with Gasteiger partial charge >= 0.3 is 13.2 Å². The van der Waals surface area contributed by atoms with Crippen LogP contribution in [0.3, 0.4) is 0 Å². The van der Waals surface area contributed by atoms with Crippen LogP contribution in [0.15, 0.2) is 42.6 Å². The minimum absolute atomic E-state index is 0.173. The number of benzene rings is 2. The van der Waals surface area contributed by atoms with Gasteiger partial charge in [-0.3, -0.25) is 4.79 Å². The highest BCUT2D eigenvalue weighted by molar-refractivity contribution is 6.62. The Hall–Kier alpha value is -3.88. The van der Waals surface area contributed by atoms with Gasteiger partial charge in [0, 0.05) is 12.1 Å². The van der Waals surface area contributed by atoms with Crippen LogP contribution in [0.4, 0.5) is 4.79 Å². The van der Waals surface area contributed by atoms with Crippen molar-refractivity contribution in [2.24, 2.45) is 11.8 Å². The van der Waals surface area contributed by atoms with Gasteiger partial charge in [0.05, 0.1) is 48.2 Å². The van der Waals surface area contributed by atoms with Crippen molar-refractivity contribution in [3.8, 4) is 17.3 Å². The van der Waals surface area contributed by atoms with Crippen molar-refractivity contribution in [2.45, 2.75) is 71.2 Å². The van der Waals surface area contributed by atoms with E-state index in [0.29, 0.717) is 12.2 Å². The molecule has 0 bridgehead atoms. The van der Waals surface area contributed by atoms with E-state index in [1.54, 1.807) is 11.1 Å². The van der Waals surface area contributed by atoms with E-state index in [0.717, 1.165) is 27.5 Å². The number of nitriles is 1. The van der Waals surface area contributed by atoms with Gasteiger partial charge in [0.25, 0.3) is 0 Å². The summed E-state index contributed by atoms with van der Waals surface area (Å²) in [7, 11) is 0.832. The van der Waals surface area contributed by atoms with E-state index in [-0.39, 0.29) is 24.3 Å². The lowest BCUT2D eigenvalue weighted by Gasteiger charge is -2.32. The zero-order chi connectivity index (χ0) is 30.4. The summed E-state index contributed by atoms with van der Waals surface area (Å²) in [5.74, 6) is -0.168. The molecule has 2 aliphatic rings. The number of nitrogens with one attached hydrogen (secondary N) is 2. The molecule has 5 rings (SSSR count). The van der Waals surface area contributed by atoms with Gasteiger partial charge in [0.2, 0.25) is 5.91 Å². The first-order valence-electron chi connectivity index (χ1n) is 14.3.